The van der Waals surface area contributed by atoms with Crippen LogP contribution in [0, 0.1) is 5.92 Å². The number of likely N-dealkylation sites (tertiary alicyclic amines) is 1. The van der Waals surface area contributed by atoms with Crippen LogP contribution in [-0.2, 0) is 4.74 Å². The lowest BCUT2D eigenvalue weighted by Gasteiger charge is -2.36. The molecule has 126 valence electrons. The number of hydrogen-bond donors (Lipinski definition) is 2. The van der Waals surface area contributed by atoms with Gasteiger partial charge in [-0.05, 0) is 45.2 Å². The zero-order valence-electron chi connectivity index (χ0n) is 14.7. The average Bonchev–Trinajstić information content (AvgIpc) is 2.44. The van der Waals surface area contributed by atoms with Crippen molar-refractivity contribution in [1.29, 1.82) is 0 Å². The topological polar surface area (TPSA) is 44.7 Å². The Morgan fingerprint density at radius 3 is 2.67 bits per heavy atom. The summed E-state index contributed by atoms with van der Waals surface area (Å²) in [5.41, 5.74) is -0.139. The molecule has 1 fully saturated rings. The predicted octanol–water partition coefficient (Wildman–Crippen LogP) is 2.26. The lowest BCUT2D eigenvalue weighted by molar-refractivity contribution is -0.00545. The Morgan fingerprint density at radius 2 is 2.10 bits per heavy atom. The van der Waals surface area contributed by atoms with Crippen LogP contribution >= 0.6 is 0 Å². The van der Waals surface area contributed by atoms with E-state index >= 15 is 0 Å². The molecular weight excluding hydrogens is 264 g/mol. The predicted molar refractivity (Wildman–Crippen MR) is 88.6 cm³/mol. The molecule has 3 unspecified atom stereocenters. The van der Waals surface area contributed by atoms with Crippen LogP contribution in [0.1, 0.15) is 53.4 Å². The highest BCUT2D eigenvalue weighted by Gasteiger charge is 2.26. The van der Waals surface area contributed by atoms with E-state index in [9.17, 15) is 5.11 Å². The van der Waals surface area contributed by atoms with E-state index in [0.717, 1.165) is 25.9 Å². The SMILES string of the molecule is COC1CN(CCCCC(C)(CO)NC(C)C)CCC1C. The lowest BCUT2D eigenvalue weighted by Crippen LogP contribution is -2.49. The van der Waals surface area contributed by atoms with E-state index in [2.05, 4.69) is 37.9 Å². The van der Waals surface area contributed by atoms with Gasteiger partial charge >= 0.3 is 0 Å². The van der Waals surface area contributed by atoms with Crippen LogP contribution in [0.3, 0.4) is 0 Å². The number of aliphatic hydroxyl groups excluding tert-OH is 1. The Kier molecular flexibility index (Phi) is 8.17. The fourth-order valence-corrected chi connectivity index (χ4v) is 3.35. The van der Waals surface area contributed by atoms with Gasteiger partial charge < -0.3 is 20.1 Å². The Balaban J connectivity index is 2.24. The van der Waals surface area contributed by atoms with Crippen molar-refractivity contribution in [2.45, 2.75) is 71.1 Å². The van der Waals surface area contributed by atoms with Crippen LogP contribution < -0.4 is 5.32 Å². The maximum atomic E-state index is 9.59. The molecule has 2 N–H and O–H groups in total. The number of nitrogens with zero attached hydrogens (tertiary/aromatic N) is 1. The van der Waals surface area contributed by atoms with Crippen molar-refractivity contribution in [2.75, 3.05) is 33.4 Å². The highest BCUT2D eigenvalue weighted by molar-refractivity contribution is 4.84. The van der Waals surface area contributed by atoms with E-state index < -0.39 is 0 Å². The maximum absolute atomic E-state index is 9.59. The largest absolute Gasteiger partial charge is 0.394 e. The number of aliphatic hydroxyl groups is 1. The minimum absolute atomic E-state index is 0.139. The standard InChI is InChI=1S/C17H36N2O2/c1-14(2)18-17(4,13-20)9-6-7-10-19-11-8-15(3)16(12-19)21-5/h14-16,18,20H,6-13H2,1-5H3. The number of nitrogens with one attached hydrogen (secondary N) is 1. The van der Waals surface area contributed by atoms with Crippen LogP contribution in [0.15, 0.2) is 0 Å². The van der Waals surface area contributed by atoms with Crippen molar-refractivity contribution in [3.05, 3.63) is 0 Å². The fraction of sp³-hybridized carbons (Fsp3) is 1.00. The molecule has 0 amide bonds. The summed E-state index contributed by atoms with van der Waals surface area (Å²) in [5.74, 6) is 0.680. The smallest absolute Gasteiger partial charge is 0.0724 e. The molecule has 0 spiro atoms. The zero-order chi connectivity index (χ0) is 15.9. The van der Waals surface area contributed by atoms with Gasteiger partial charge in [0.2, 0.25) is 0 Å². The van der Waals surface area contributed by atoms with Crippen LogP contribution in [0.2, 0.25) is 0 Å². The van der Waals surface area contributed by atoms with Crippen molar-refractivity contribution in [1.82, 2.24) is 10.2 Å². The van der Waals surface area contributed by atoms with Gasteiger partial charge in [-0.2, -0.15) is 0 Å². The molecule has 1 heterocycles. The summed E-state index contributed by atoms with van der Waals surface area (Å²) in [4.78, 5) is 2.53. The summed E-state index contributed by atoms with van der Waals surface area (Å²) in [6.45, 7) is 12.3. The molecule has 0 saturated carbocycles. The highest BCUT2D eigenvalue weighted by Crippen LogP contribution is 2.20. The summed E-state index contributed by atoms with van der Waals surface area (Å²) in [6.07, 6.45) is 5.01. The van der Waals surface area contributed by atoms with E-state index in [-0.39, 0.29) is 12.1 Å². The molecule has 1 saturated heterocycles. The second-order valence-electron chi connectivity index (χ2n) is 7.32. The maximum Gasteiger partial charge on any atom is 0.0724 e. The Bertz CT molecular complexity index is 286. The quantitative estimate of drug-likeness (QED) is 0.641. The molecule has 0 aromatic rings. The second kappa shape index (κ2) is 9.09. The van der Waals surface area contributed by atoms with Crippen molar-refractivity contribution in [3.63, 3.8) is 0 Å². The molecular formula is C17H36N2O2. The van der Waals surface area contributed by atoms with Gasteiger partial charge in [0.15, 0.2) is 0 Å². The van der Waals surface area contributed by atoms with Crippen LogP contribution in [0.5, 0.6) is 0 Å². The monoisotopic (exact) mass is 300 g/mol. The minimum Gasteiger partial charge on any atom is -0.394 e. The normalized spacial score (nSPS) is 27.0. The van der Waals surface area contributed by atoms with Gasteiger partial charge in [-0.25, -0.2) is 0 Å². The van der Waals surface area contributed by atoms with E-state index in [4.69, 9.17) is 4.74 Å². The first kappa shape index (κ1) is 18.9. The third-order valence-electron chi connectivity index (χ3n) is 4.72. The molecule has 1 aliphatic rings. The number of methoxy groups -OCH3 is 1. The molecule has 21 heavy (non-hydrogen) atoms. The first-order valence-corrected chi connectivity index (χ1v) is 8.54. The second-order valence-corrected chi connectivity index (χ2v) is 7.32. The zero-order valence-corrected chi connectivity index (χ0v) is 14.7. The molecule has 4 nitrogen and oxygen atoms in total. The van der Waals surface area contributed by atoms with Crippen LogP contribution in [0.25, 0.3) is 0 Å². The molecule has 1 aliphatic heterocycles. The molecule has 1 rings (SSSR count). The highest BCUT2D eigenvalue weighted by atomic mass is 16.5. The third kappa shape index (κ3) is 6.64. The summed E-state index contributed by atoms with van der Waals surface area (Å²) in [7, 11) is 1.83. The number of ether oxygens (including phenoxy) is 1. The first-order valence-electron chi connectivity index (χ1n) is 8.54. The molecule has 4 heteroatoms. The lowest BCUT2D eigenvalue weighted by atomic mass is 9.93. The summed E-state index contributed by atoms with van der Waals surface area (Å²) in [6, 6.07) is 0.410. The van der Waals surface area contributed by atoms with Crippen molar-refractivity contribution >= 4 is 0 Å². The van der Waals surface area contributed by atoms with Crippen LogP contribution in [0.4, 0.5) is 0 Å². The van der Waals surface area contributed by atoms with Crippen molar-refractivity contribution in [2.24, 2.45) is 5.92 Å². The minimum atomic E-state index is -0.139. The number of piperidine rings is 1. The molecule has 3 atom stereocenters. The Labute approximate surface area is 131 Å². The van der Waals surface area contributed by atoms with Gasteiger partial charge in [0.1, 0.15) is 0 Å². The number of unbranched alkanes of at least 4 members (excludes halogenated alkanes) is 1. The molecule has 0 aliphatic carbocycles. The van der Waals surface area contributed by atoms with E-state index in [1.54, 1.807) is 0 Å². The summed E-state index contributed by atoms with van der Waals surface area (Å²) >= 11 is 0. The summed E-state index contributed by atoms with van der Waals surface area (Å²) in [5, 5.41) is 13.1. The van der Waals surface area contributed by atoms with Gasteiger partial charge in [-0.15, -0.1) is 0 Å². The van der Waals surface area contributed by atoms with Gasteiger partial charge in [-0.3, -0.25) is 0 Å². The number of rotatable bonds is 9. The molecule has 0 radical (unpaired) electrons. The van der Waals surface area contributed by atoms with Gasteiger partial charge in [0, 0.05) is 25.2 Å². The van der Waals surface area contributed by atoms with E-state index in [1.807, 2.05) is 7.11 Å². The number of hydrogen-bond acceptors (Lipinski definition) is 4. The molecule has 0 aromatic heterocycles. The third-order valence-corrected chi connectivity index (χ3v) is 4.72. The average molecular weight is 300 g/mol. The fourth-order valence-electron chi connectivity index (χ4n) is 3.35. The van der Waals surface area contributed by atoms with Gasteiger partial charge in [-0.1, -0.05) is 27.2 Å². The Morgan fingerprint density at radius 1 is 1.38 bits per heavy atom. The van der Waals surface area contributed by atoms with E-state index in [1.165, 1.54) is 19.4 Å². The Hall–Kier alpha value is -0.160. The first-order chi connectivity index (χ1) is 9.90. The molecule has 0 aromatic carbocycles. The van der Waals surface area contributed by atoms with Crippen molar-refractivity contribution in [3.8, 4) is 0 Å². The van der Waals surface area contributed by atoms with Crippen molar-refractivity contribution < 1.29 is 9.84 Å². The molecule has 0 bridgehead atoms. The summed E-state index contributed by atoms with van der Waals surface area (Å²) < 4.78 is 5.57. The van der Waals surface area contributed by atoms with Gasteiger partial charge in [0.05, 0.1) is 12.7 Å². The van der Waals surface area contributed by atoms with Gasteiger partial charge in [0.25, 0.3) is 0 Å². The van der Waals surface area contributed by atoms with Crippen LogP contribution in [-0.4, -0.2) is 61.0 Å². The van der Waals surface area contributed by atoms with E-state index in [0.29, 0.717) is 18.1 Å².